The number of hydrogen-bond donors (Lipinski definition) is 2. The Kier molecular flexibility index (Phi) is 8.40. The minimum atomic E-state index is -3.50. The Labute approximate surface area is 232 Å². The summed E-state index contributed by atoms with van der Waals surface area (Å²) in [6.45, 7) is 3.83. The summed E-state index contributed by atoms with van der Waals surface area (Å²) in [4.78, 5) is 25.6. The average Bonchev–Trinajstić information content (AvgIpc) is 3.69. The number of fused-ring (bicyclic) bond motifs is 1. The zero-order valence-electron chi connectivity index (χ0n) is 22.1. The highest BCUT2D eigenvalue weighted by molar-refractivity contribution is 7.92. The number of aromatic nitrogens is 2. The second kappa shape index (κ2) is 11.9. The maximum absolute atomic E-state index is 13.5. The molecule has 1 aromatic carbocycles. The van der Waals surface area contributed by atoms with Crippen LogP contribution in [0.5, 0.6) is 0 Å². The summed E-state index contributed by atoms with van der Waals surface area (Å²) >= 11 is 1.29. The van der Waals surface area contributed by atoms with E-state index in [1.807, 2.05) is 31.2 Å². The van der Waals surface area contributed by atoms with E-state index in [1.165, 1.54) is 11.3 Å². The Hall–Kier alpha value is -3.13. The van der Waals surface area contributed by atoms with Gasteiger partial charge in [0.25, 0.3) is 5.91 Å². The van der Waals surface area contributed by atoms with Gasteiger partial charge in [0, 0.05) is 38.3 Å². The van der Waals surface area contributed by atoms with E-state index < -0.39 is 21.0 Å². The van der Waals surface area contributed by atoms with Crippen molar-refractivity contribution in [1.29, 1.82) is 0 Å². The van der Waals surface area contributed by atoms with E-state index in [9.17, 15) is 13.2 Å². The number of carbonyl (C=O) groups excluding carboxylic acids is 1. The molecule has 2 N–H and O–H groups in total. The number of pyridine rings is 1. The lowest BCUT2D eigenvalue weighted by atomic mass is 10.1. The molecule has 1 atom stereocenters. The number of hydrogen-bond acceptors (Lipinski definition) is 11. The molecular formula is C26H33N7O4S2. The van der Waals surface area contributed by atoms with Gasteiger partial charge in [0.05, 0.1) is 16.8 Å². The van der Waals surface area contributed by atoms with Gasteiger partial charge in [0.2, 0.25) is 0 Å². The summed E-state index contributed by atoms with van der Waals surface area (Å²) in [6.07, 6.45) is 2.50. The lowest BCUT2D eigenvalue weighted by Crippen LogP contribution is -2.27. The molecule has 39 heavy (non-hydrogen) atoms. The first-order chi connectivity index (χ1) is 18.8. The van der Waals surface area contributed by atoms with Gasteiger partial charge in [0.1, 0.15) is 16.2 Å². The first kappa shape index (κ1) is 27.4. The molecule has 3 aromatic rings. The second-order valence-corrected chi connectivity index (χ2v) is 13.1. The van der Waals surface area contributed by atoms with Crippen LogP contribution in [0.1, 0.15) is 24.8 Å². The lowest BCUT2D eigenvalue weighted by molar-refractivity contribution is -0.110. The highest BCUT2D eigenvalue weighted by Gasteiger charge is 2.31. The van der Waals surface area contributed by atoms with Crippen molar-refractivity contribution in [3.05, 3.63) is 42.0 Å². The molecule has 2 saturated heterocycles. The normalized spacial score (nSPS) is 18.3. The predicted molar refractivity (Wildman–Crippen MR) is 153 cm³/mol. The SMILES string of the molecule is CN(C)CCNc1ccc2nc(NC(=O)C(=NN3CCCC3)c3ccc(S(=O)(=O)[C@H]4CCOC4)cc3)sc2n1. The number of hydrazone groups is 1. The third-order valence-electron chi connectivity index (χ3n) is 6.66. The van der Waals surface area contributed by atoms with Crippen LogP contribution < -0.4 is 10.6 Å². The van der Waals surface area contributed by atoms with Gasteiger partial charge in [-0.1, -0.05) is 23.5 Å². The van der Waals surface area contributed by atoms with Gasteiger partial charge in [-0.15, -0.1) is 0 Å². The first-order valence-electron chi connectivity index (χ1n) is 13.0. The molecule has 1 amide bonds. The smallest absolute Gasteiger partial charge is 0.278 e. The highest BCUT2D eigenvalue weighted by atomic mass is 32.2. The van der Waals surface area contributed by atoms with Crippen LogP contribution in [0, 0.1) is 0 Å². The molecule has 0 saturated carbocycles. The van der Waals surface area contributed by atoms with Crippen molar-refractivity contribution in [2.45, 2.75) is 29.4 Å². The molecule has 0 bridgehead atoms. The minimum absolute atomic E-state index is 0.207. The summed E-state index contributed by atoms with van der Waals surface area (Å²) in [7, 11) is 0.528. The number of nitrogens with zero attached hydrogens (tertiary/aromatic N) is 5. The lowest BCUT2D eigenvalue weighted by Gasteiger charge is -2.15. The quantitative estimate of drug-likeness (QED) is 0.353. The van der Waals surface area contributed by atoms with Crippen molar-refractivity contribution in [3.8, 4) is 0 Å². The molecule has 5 rings (SSSR count). The fourth-order valence-electron chi connectivity index (χ4n) is 4.46. The standard InChI is InChI=1S/C26H33N7O4S2/c1-32(2)15-12-27-22-10-9-21-25(29-22)38-26(28-21)30-24(34)23(31-33-13-3-4-14-33)18-5-7-19(8-6-18)39(35,36)20-11-16-37-17-20/h5-10,20H,3-4,11-17H2,1-2H3,(H,27,29)(H,28,30,34)/t20-/m0/s1. The maximum atomic E-state index is 13.5. The predicted octanol–water partition coefficient (Wildman–Crippen LogP) is 2.67. The van der Waals surface area contributed by atoms with Crippen molar-refractivity contribution in [2.24, 2.45) is 5.10 Å². The molecule has 2 aliphatic heterocycles. The van der Waals surface area contributed by atoms with Crippen molar-refractivity contribution >= 4 is 54.1 Å². The topological polar surface area (TPSA) is 129 Å². The number of nitrogens with one attached hydrogen (secondary N) is 2. The monoisotopic (exact) mass is 571 g/mol. The summed E-state index contributed by atoms with van der Waals surface area (Å²) in [5.74, 6) is 0.339. The average molecular weight is 572 g/mol. The van der Waals surface area contributed by atoms with E-state index in [0.29, 0.717) is 34.1 Å². The largest absolute Gasteiger partial charge is 0.380 e. The van der Waals surface area contributed by atoms with Crippen LogP contribution in [-0.2, 0) is 19.4 Å². The molecule has 2 aromatic heterocycles. The van der Waals surface area contributed by atoms with Gasteiger partial charge >= 0.3 is 0 Å². The van der Waals surface area contributed by atoms with Crippen LogP contribution in [0.15, 0.2) is 46.4 Å². The zero-order chi connectivity index (χ0) is 27.4. The Balaban J connectivity index is 1.35. The number of benzene rings is 1. The van der Waals surface area contributed by atoms with E-state index in [-0.39, 0.29) is 17.2 Å². The molecule has 11 nitrogen and oxygen atoms in total. The first-order valence-corrected chi connectivity index (χ1v) is 15.4. The number of amides is 1. The zero-order valence-corrected chi connectivity index (χ0v) is 23.7. The molecular weight excluding hydrogens is 538 g/mol. The molecule has 208 valence electrons. The Morgan fingerprint density at radius 3 is 2.62 bits per heavy atom. The fraction of sp³-hybridized carbons (Fsp3) is 0.462. The molecule has 0 aliphatic carbocycles. The highest BCUT2D eigenvalue weighted by Crippen LogP contribution is 2.27. The number of thiazole rings is 1. The summed E-state index contributed by atoms with van der Waals surface area (Å²) in [5.41, 5.74) is 1.44. The van der Waals surface area contributed by atoms with Crippen LogP contribution in [-0.4, -0.2) is 98.7 Å². The number of sulfone groups is 1. The Morgan fingerprint density at radius 2 is 1.92 bits per heavy atom. The Bertz CT molecular complexity index is 1440. The van der Waals surface area contributed by atoms with Gasteiger partial charge in [-0.25, -0.2) is 18.4 Å². The van der Waals surface area contributed by atoms with Crippen LogP contribution in [0.25, 0.3) is 10.3 Å². The minimum Gasteiger partial charge on any atom is -0.380 e. The van der Waals surface area contributed by atoms with Gasteiger partial charge in [0.15, 0.2) is 20.7 Å². The van der Waals surface area contributed by atoms with Crippen LogP contribution in [0.3, 0.4) is 0 Å². The van der Waals surface area contributed by atoms with E-state index in [4.69, 9.17) is 4.74 Å². The van der Waals surface area contributed by atoms with E-state index in [1.54, 1.807) is 24.3 Å². The second-order valence-electron chi connectivity index (χ2n) is 9.89. The maximum Gasteiger partial charge on any atom is 0.278 e. The summed E-state index contributed by atoms with van der Waals surface area (Å²) < 4.78 is 31.2. The van der Waals surface area contributed by atoms with Crippen molar-refractivity contribution in [3.63, 3.8) is 0 Å². The molecule has 13 heteroatoms. The molecule has 0 radical (unpaired) electrons. The molecule has 0 spiro atoms. The van der Waals surface area contributed by atoms with Gasteiger partial charge in [-0.3, -0.25) is 15.1 Å². The fourth-order valence-corrected chi connectivity index (χ4v) is 6.88. The van der Waals surface area contributed by atoms with Crippen molar-refractivity contribution in [2.75, 3.05) is 64.1 Å². The van der Waals surface area contributed by atoms with Crippen molar-refractivity contribution < 1.29 is 17.9 Å². The molecule has 4 heterocycles. The van der Waals surface area contributed by atoms with E-state index in [2.05, 4.69) is 30.6 Å². The number of anilines is 2. The van der Waals surface area contributed by atoms with E-state index in [0.717, 1.165) is 44.8 Å². The van der Waals surface area contributed by atoms with Gasteiger partial charge in [-0.2, -0.15) is 5.10 Å². The number of carbonyl (C=O) groups is 1. The third kappa shape index (κ3) is 6.55. The van der Waals surface area contributed by atoms with Crippen LogP contribution in [0.2, 0.25) is 0 Å². The molecule has 2 fully saturated rings. The number of ether oxygens (including phenoxy) is 1. The summed E-state index contributed by atoms with van der Waals surface area (Å²) in [6, 6.07) is 10.1. The number of likely N-dealkylation sites (N-methyl/N-ethyl adjacent to an activating group) is 1. The molecule has 2 aliphatic rings. The molecule has 0 unspecified atom stereocenters. The van der Waals surface area contributed by atoms with Crippen molar-refractivity contribution in [1.82, 2.24) is 19.9 Å². The van der Waals surface area contributed by atoms with Gasteiger partial charge in [-0.05, 0) is 57.6 Å². The van der Waals surface area contributed by atoms with Crippen LogP contribution in [0.4, 0.5) is 10.9 Å². The Morgan fingerprint density at radius 1 is 1.15 bits per heavy atom. The number of rotatable bonds is 10. The third-order valence-corrected chi connectivity index (χ3v) is 9.72. The van der Waals surface area contributed by atoms with Crippen LogP contribution >= 0.6 is 11.3 Å². The van der Waals surface area contributed by atoms with Gasteiger partial charge < -0.3 is 15.0 Å². The van der Waals surface area contributed by atoms with E-state index >= 15 is 0 Å². The summed E-state index contributed by atoms with van der Waals surface area (Å²) in [5, 5.41) is 12.6.